The third-order valence-electron chi connectivity index (χ3n) is 4.92. The van der Waals surface area contributed by atoms with E-state index in [1.807, 2.05) is 0 Å². The SMILES string of the molecule is CC(C)[C@H](NS(=O)(=O)c1ccccc1F)C(=O)OCC(=O)N1CCC(C(N)=O)CC1. The van der Waals surface area contributed by atoms with Gasteiger partial charge in [0.15, 0.2) is 6.61 Å². The molecule has 1 aliphatic heterocycles. The van der Waals surface area contributed by atoms with Gasteiger partial charge in [0.25, 0.3) is 5.91 Å². The smallest absolute Gasteiger partial charge is 0.324 e. The van der Waals surface area contributed by atoms with Gasteiger partial charge in [-0.3, -0.25) is 14.4 Å². The van der Waals surface area contributed by atoms with Crippen LogP contribution in [0.5, 0.6) is 0 Å². The van der Waals surface area contributed by atoms with Crippen molar-refractivity contribution in [3.05, 3.63) is 30.1 Å². The van der Waals surface area contributed by atoms with Crippen LogP contribution in [-0.2, 0) is 29.1 Å². The molecule has 2 amide bonds. The van der Waals surface area contributed by atoms with Crippen LogP contribution in [-0.4, -0.2) is 56.8 Å². The van der Waals surface area contributed by atoms with Crippen LogP contribution in [0.2, 0.25) is 0 Å². The van der Waals surface area contributed by atoms with Crippen molar-refractivity contribution in [2.24, 2.45) is 17.6 Å². The van der Waals surface area contributed by atoms with Gasteiger partial charge in [-0.15, -0.1) is 0 Å². The van der Waals surface area contributed by atoms with E-state index in [0.29, 0.717) is 25.9 Å². The first kappa shape index (κ1) is 23.7. The molecule has 1 heterocycles. The molecule has 1 aliphatic rings. The summed E-state index contributed by atoms with van der Waals surface area (Å²) in [7, 11) is -4.32. The van der Waals surface area contributed by atoms with Crippen molar-refractivity contribution < 1.29 is 31.9 Å². The van der Waals surface area contributed by atoms with E-state index in [4.69, 9.17) is 10.5 Å². The summed E-state index contributed by atoms with van der Waals surface area (Å²) in [6.07, 6.45) is 0.873. The molecule has 1 atom stereocenters. The van der Waals surface area contributed by atoms with E-state index in [2.05, 4.69) is 4.72 Å². The van der Waals surface area contributed by atoms with Gasteiger partial charge in [-0.05, 0) is 30.9 Å². The van der Waals surface area contributed by atoms with Gasteiger partial charge in [-0.1, -0.05) is 26.0 Å². The second-order valence-electron chi connectivity index (χ2n) is 7.44. The third kappa shape index (κ3) is 5.99. The summed E-state index contributed by atoms with van der Waals surface area (Å²) in [6, 6.07) is 3.49. The minimum Gasteiger partial charge on any atom is -0.454 e. The highest BCUT2D eigenvalue weighted by Crippen LogP contribution is 2.18. The molecule has 3 N–H and O–H groups in total. The monoisotopic (exact) mass is 443 g/mol. The number of hydrogen-bond donors (Lipinski definition) is 2. The van der Waals surface area contributed by atoms with E-state index < -0.39 is 57.1 Å². The number of benzene rings is 1. The molecule has 0 saturated carbocycles. The fraction of sp³-hybridized carbons (Fsp3) is 0.526. The van der Waals surface area contributed by atoms with Crippen molar-refractivity contribution in [2.75, 3.05) is 19.7 Å². The molecule has 166 valence electrons. The molecule has 30 heavy (non-hydrogen) atoms. The normalized spacial score (nSPS) is 16.3. The number of nitrogens with zero attached hydrogens (tertiary/aromatic N) is 1. The summed E-state index contributed by atoms with van der Waals surface area (Å²) >= 11 is 0. The number of primary amides is 1. The van der Waals surface area contributed by atoms with Crippen molar-refractivity contribution in [3.63, 3.8) is 0 Å². The Bertz CT molecular complexity index is 897. The Morgan fingerprint density at radius 2 is 1.83 bits per heavy atom. The van der Waals surface area contributed by atoms with Crippen molar-refractivity contribution in [1.82, 2.24) is 9.62 Å². The number of ether oxygens (including phenoxy) is 1. The number of rotatable bonds is 8. The maximum absolute atomic E-state index is 13.9. The van der Waals surface area contributed by atoms with Crippen LogP contribution in [0.25, 0.3) is 0 Å². The lowest BCUT2D eigenvalue weighted by Crippen LogP contribution is -2.47. The van der Waals surface area contributed by atoms with Gasteiger partial charge in [0.2, 0.25) is 15.9 Å². The van der Waals surface area contributed by atoms with Crippen LogP contribution in [0, 0.1) is 17.7 Å². The predicted molar refractivity (Wildman–Crippen MR) is 105 cm³/mol. The number of nitrogens with one attached hydrogen (secondary N) is 1. The van der Waals surface area contributed by atoms with Gasteiger partial charge in [0.05, 0.1) is 0 Å². The zero-order chi connectivity index (χ0) is 22.5. The molecule has 0 spiro atoms. The van der Waals surface area contributed by atoms with Crippen molar-refractivity contribution >= 4 is 27.8 Å². The van der Waals surface area contributed by atoms with Gasteiger partial charge < -0.3 is 15.4 Å². The fourth-order valence-electron chi connectivity index (χ4n) is 3.08. The molecule has 9 nitrogen and oxygen atoms in total. The summed E-state index contributed by atoms with van der Waals surface area (Å²) in [6.45, 7) is 3.25. The van der Waals surface area contributed by atoms with E-state index in [1.165, 1.54) is 17.0 Å². The second-order valence-corrected chi connectivity index (χ2v) is 9.12. The Balaban J connectivity index is 1.97. The predicted octanol–water partition coefficient (Wildman–Crippen LogP) is 0.396. The molecule has 1 saturated heterocycles. The minimum atomic E-state index is -4.32. The minimum absolute atomic E-state index is 0.283. The average molecular weight is 443 g/mol. The zero-order valence-corrected chi connectivity index (χ0v) is 17.7. The lowest BCUT2D eigenvalue weighted by Gasteiger charge is -2.30. The number of esters is 1. The first-order valence-corrected chi connectivity index (χ1v) is 11.0. The maximum Gasteiger partial charge on any atom is 0.324 e. The fourth-order valence-corrected chi connectivity index (χ4v) is 4.49. The Labute approximate surface area is 174 Å². The second kappa shape index (κ2) is 9.98. The van der Waals surface area contributed by atoms with Crippen LogP contribution < -0.4 is 10.5 Å². The van der Waals surface area contributed by atoms with Crippen molar-refractivity contribution in [2.45, 2.75) is 37.6 Å². The average Bonchev–Trinajstić information content (AvgIpc) is 2.70. The van der Waals surface area contributed by atoms with E-state index in [9.17, 15) is 27.2 Å². The highest BCUT2D eigenvalue weighted by molar-refractivity contribution is 7.89. The standard InChI is InChI=1S/C19H26FN3O6S/c1-12(2)17(22-30(27,28)15-6-4-3-5-14(15)20)19(26)29-11-16(24)23-9-7-13(8-10-23)18(21)25/h3-6,12-13,17,22H,7-11H2,1-2H3,(H2,21,25)/t17-/m0/s1. The van der Waals surface area contributed by atoms with Gasteiger partial charge in [-0.25, -0.2) is 12.8 Å². The Kier molecular flexibility index (Phi) is 7.90. The Hall–Kier alpha value is -2.53. The molecular weight excluding hydrogens is 417 g/mol. The van der Waals surface area contributed by atoms with E-state index in [1.54, 1.807) is 13.8 Å². The molecule has 0 aliphatic carbocycles. The first-order valence-electron chi connectivity index (χ1n) is 9.53. The lowest BCUT2D eigenvalue weighted by atomic mass is 9.96. The van der Waals surface area contributed by atoms with Crippen LogP contribution in [0.1, 0.15) is 26.7 Å². The molecule has 11 heteroatoms. The van der Waals surface area contributed by atoms with Gasteiger partial charge in [0.1, 0.15) is 16.8 Å². The summed E-state index contributed by atoms with van der Waals surface area (Å²) in [4.78, 5) is 36.8. The highest BCUT2D eigenvalue weighted by atomic mass is 32.2. The molecular formula is C19H26FN3O6S. The van der Waals surface area contributed by atoms with Crippen molar-refractivity contribution in [3.8, 4) is 0 Å². The number of amides is 2. The van der Waals surface area contributed by atoms with E-state index in [0.717, 1.165) is 12.1 Å². The molecule has 0 aromatic heterocycles. The number of nitrogens with two attached hydrogens (primary N) is 1. The largest absolute Gasteiger partial charge is 0.454 e. The number of carbonyl (C=O) groups is 3. The van der Waals surface area contributed by atoms with Crippen LogP contribution in [0.3, 0.4) is 0 Å². The lowest BCUT2D eigenvalue weighted by molar-refractivity contribution is -0.154. The summed E-state index contributed by atoms with van der Waals surface area (Å²) in [5, 5.41) is 0. The maximum atomic E-state index is 13.9. The van der Waals surface area contributed by atoms with Gasteiger partial charge in [-0.2, -0.15) is 4.72 Å². The molecule has 1 fully saturated rings. The molecule has 2 rings (SSSR count). The van der Waals surface area contributed by atoms with Gasteiger partial charge >= 0.3 is 5.97 Å². The van der Waals surface area contributed by atoms with E-state index >= 15 is 0 Å². The molecule has 1 aromatic rings. The number of carbonyl (C=O) groups excluding carboxylic acids is 3. The zero-order valence-electron chi connectivity index (χ0n) is 16.8. The first-order chi connectivity index (χ1) is 14.0. The van der Waals surface area contributed by atoms with Gasteiger partial charge in [0, 0.05) is 19.0 Å². The third-order valence-corrected chi connectivity index (χ3v) is 6.39. The summed E-state index contributed by atoms with van der Waals surface area (Å²) in [5.41, 5.74) is 5.26. The van der Waals surface area contributed by atoms with Crippen LogP contribution in [0.4, 0.5) is 4.39 Å². The summed E-state index contributed by atoms with van der Waals surface area (Å²) < 4.78 is 46.0. The topological polar surface area (TPSA) is 136 Å². The highest BCUT2D eigenvalue weighted by Gasteiger charge is 2.32. The summed E-state index contributed by atoms with van der Waals surface area (Å²) in [5.74, 6) is -3.54. The van der Waals surface area contributed by atoms with Crippen LogP contribution >= 0.6 is 0 Å². The number of hydrogen-bond acceptors (Lipinski definition) is 6. The number of halogens is 1. The van der Waals surface area contributed by atoms with Crippen molar-refractivity contribution in [1.29, 1.82) is 0 Å². The number of sulfonamides is 1. The number of piperidine rings is 1. The quantitative estimate of drug-likeness (QED) is 0.558. The molecule has 1 aromatic carbocycles. The Morgan fingerprint density at radius 3 is 2.37 bits per heavy atom. The Morgan fingerprint density at radius 1 is 1.23 bits per heavy atom. The molecule has 0 unspecified atom stereocenters. The number of likely N-dealkylation sites (tertiary alicyclic amines) is 1. The molecule has 0 radical (unpaired) electrons. The molecule has 0 bridgehead atoms. The van der Waals surface area contributed by atoms with E-state index in [-0.39, 0.29) is 5.92 Å². The van der Waals surface area contributed by atoms with Crippen LogP contribution in [0.15, 0.2) is 29.2 Å².